The van der Waals surface area contributed by atoms with Crippen LogP contribution in [-0.2, 0) is 11.8 Å². The molecule has 0 aromatic heterocycles. The second kappa shape index (κ2) is 5.63. The Morgan fingerprint density at radius 1 is 0.833 bits per heavy atom. The van der Waals surface area contributed by atoms with E-state index in [1.165, 1.54) is 38.6 Å². The summed E-state index contributed by atoms with van der Waals surface area (Å²) in [6.07, 6.45) is 6.88. The Hall–Kier alpha value is -2.34. The Morgan fingerprint density at radius 3 is 2.25 bits per heavy atom. The zero-order valence-electron chi connectivity index (χ0n) is 14.8. The first-order valence-corrected chi connectivity index (χ1v) is 8.86. The molecule has 0 saturated heterocycles. The highest BCUT2D eigenvalue weighted by atomic mass is 14.2. The lowest BCUT2D eigenvalue weighted by Crippen LogP contribution is -2.10. The molecule has 0 heterocycles. The smallest absolute Gasteiger partial charge is 0.00993 e. The van der Waals surface area contributed by atoms with Gasteiger partial charge in [0.2, 0.25) is 0 Å². The van der Waals surface area contributed by atoms with Gasteiger partial charge in [0, 0.05) is 0 Å². The third-order valence-corrected chi connectivity index (χ3v) is 5.11. The molecule has 0 N–H and O–H groups in total. The van der Waals surface area contributed by atoms with Gasteiger partial charge in [-0.25, -0.2) is 0 Å². The molecule has 1 aliphatic rings. The number of benzene rings is 3. The lowest BCUT2D eigenvalue weighted by molar-refractivity contribution is 0.590. The summed E-state index contributed by atoms with van der Waals surface area (Å²) >= 11 is 0. The topological polar surface area (TPSA) is 0 Å². The Balaban J connectivity index is 1.93. The minimum Gasteiger partial charge on any atom is -0.0836 e. The summed E-state index contributed by atoms with van der Waals surface area (Å²) in [5.74, 6) is 0. The van der Waals surface area contributed by atoms with Crippen LogP contribution in [0.2, 0.25) is 0 Å². The SMILES string of the molecule is CC(C)(C)c1ccc(-c2cc3c(c4ccccc24)CCC=C3)cc1. The molecule has 0 spiro atoms. The van der Waals surface area contributed by atoms with Crippen molar-refractivity contribution in [3.8, 4) is 11.1 Å². The second-order valence-corrected chi connectivity index (χ2v) is 7.81. The fraction of sp³-hybridized carbons (Fsp3) is 0.250. The summed E-state index contributed by atoms with van der Waals surface area (Å²) in [6.45, 7) is 6.79. The lowest BCUT2D eigenvalue weighted by Gasteiger charge is -2.20. The minimum absolute atomic E-state index is 0.194. The molecule has 3 aromatic carbocycles. The van der Waals surface area contributed by atoms with Crippen LogP contribution >= 0.6 is 0 Å². The molecule has 4 rings (SSSR count). The highest BCUT2D eigenvalue weighted by Gasteiger charge is 2.16. The molecule has 0 nitrogen and oxygen atoms in total. The summed E-state index contributed by atoms with van der Waals surface area (Å²) in [5.41, 5.74) is 7.11. The first-order chi connectivity index (χ1) is 11.5. The Bertz CT molecular complexity index is 919. The maximum absolute atomic E-state index is 2.37. The zero-order valence-corrected chi connectivity index (χ0v) is 14.8. The average Bonchev–Trinajstić information content (AvgIpc) is 2.60. The quantitative estimate of drug-likeness (QED) is 0.465. The third-order valence-electron chi connectivity index (χ3n) is 5.11. The third kappa shape index (κ3) is 2.57. The Kier molecular flexibility index (Phi) is 3.57. The van der Waals surface area contributed by atoms with E-state index in [1.807, 2.05) is 0 Å². The summed E-state index contributed by atoms with van der Waals surface area (Å²) in [4.78, 5) is 0. The van der Waals surface area contributed by atoms with E-state index < -0.39 is 0 Å². The molecule has 0 heteroatoms. The molecule has 1 aliphatic carbocycles. The van der Waals surface area contributed by atoms with E-state index >= 15 is 0 Å². The van der Waals surface area contributed by atoms with Gasteiger partial charge in [-0.15, -0.1) is 0 Å². The molecule has 24 heavy (non-hydrogen) atoms. The highest BCUT2D eigenvalue weighted by molar-refractivity contribution is 6.01. The van der Waals surface area contributed by atoms with Crippen molar-refractivity contribution in [2.24, 2.45) is 0 Å². The molecule has 0 atom stereocenters. The van der Waals surface area contributed by atoms with Gasteiger partial charge in [0.05, 0.1) is 0 Å². The first kappa shape index (κ1) is 15.2. The first-order valence-electron chi connectivity index (χ1n) is 8.86. The largest absolute Gasteiger partial charge is 0.0836 e. The van der Waals surface area contributed by atoms with Crippen molar-refractivity contribution >= 4 is 16.8 Å². The van der Waals surface area contributed by atoms with E-state index in [4.69, 9.17) is 0 Å². The lowest BCUT2D eigenvalue weighted by atomic mass is 9.84. The highest BCUT2D eigenvalue weighted by Crippen LogP contribution is 2.36. The van der Waals surface area contributed by atoms with E-state index in [0.717, 1.165) is 12.8 Å². The van der Waals surface area contributed by atoms with Crippen LogP contribution in [0.25, 0.3) is 28.0 Å². The van der Waals surface area contributed by atoms with Crippen LogP contribution < -0.4 is 0 Å². The van der Waals surface area contributed by atoms with Crippen molar-refractivity contribution in [2.75, 3.05) is 0 Å². The van der Waals surface area contributed by atoms with Gasteiger partial charge >= 0.3 is 0 Å². The predicted octanol–water partition coefficient (Wildman–Crippen LogP) is 6.76. The summed E-state index contributed by atoms with van der Waals surface area (Å²) in [6, 6.07) is 20.3. The van der Waals surface area contributed by atoms with Crippen LogP contribution in [0.1, 0.15) is 43.9 Å². The minimum atomic E-state index is 0.194. The molecule has 3 aromatic rings. The van der Waals surface area contributed by atoms with Crippen LogP contribution in [0.5, 0.6) is 0 Å². The van der Waals surface area contributed by atoms with Crippen molar-refractivity contribution < 1.29 is 0 Å². The number of allylic oxidation sites excluding steroid dienone is 1. The molecule has 120 valence electrons. The standard InChI is InChI=1S/C24H24/c1-24(2,3)19-14-12-17(13-15-19)23-16-18-8-4-5-9-20(18)21-10-6-7-11-22(21)23/h4,6-8,10-16H,5,9H2,1-3H3. The number of hydrogen-bond acceptors (Lipinski definition) is 0. The second-order valence-electron chi connectivity index (χ2n) is 7.81. The summed E-state index contributed by atoms with van der Waals surface area (Å²) in [5, 5.41) is 2.78. The van der Waals surface area contributed by atoms with E-state index in [0.29, 0.717) is 0 Å². The van der Waals surface area contributed by atoms with Gasteiger partial charge < -0.3 is 0 Å². The maximum atomic E-state index is 2.37. The van der Waals surface area contributed by atoms with Crippen molar-refractivity contribution in [3.63, 3.8) is 0 Å². The van der Waals surface area contributed by atoms with Gasteiger partial charge in [-0.1, -0.05) is 81.5 Å². The van der Waals surface area contributed by atoms with Gasteiger partial charge in [-0.3, -0.25) is 0 Å². The Labute approximate surface area is 144 Å². The number of fused-ring (bicyclic) bond motifs is 3. The summed E-state index contributed by atoms with van der Waals surface area (Å²) in [7, 11) is 0. The molecule has 0 amide bonds. The van der Waals surface area contributed by atoms with Crippen molar-refractivity contribution in [2.45, 2.75) is 39.0 Å². The fourth-order valence-corrected chi connectivity index (χ4v) is 3.71. The van der Waals surface area contributed by atoms with Crippen LogP contribution in [0, 0.1) is 0 Å². The molecule has 0 fully saturated rings. The van der Waals surface area contributed by atoms with Gasteiger partial charge in [0.15, 0.2) is 0 Å². The fourth-order valence-electron chi connectivity index (χ4n) is 3.71. The van der Waals surface area contributed by atoms with Gasteiger partial charge in [0.25, 0.3) is 0 Å². The number of rotatable bonds is 1. The van der Waals surface area contributed by atoms with E-state index in [9.17, 15) is 0 Å². The Morgan fingerprint density at radius 2 is 1.54 bits per heavy atom. The monoisotopic (exact) mass is 312 g/mol. The van der Waals surface area contributed by atoms with Gasteiger partial charge in [-0.05, 0) is 62.9 Å². The number of aryl methyl sites for hydroxylation is 1. The van der Waals surface area contributed by atoms with E-state index in [1.54, 1.807) is 0 Å². The molecular weight excluding hydrogens is 288 g/mol. The van der Waals surface area contributed by atoms with Crippen molar-refractivity contribution in [3.05, 3.63) is 77.4 Å². The molecule has 0 unspecified atom stereocenters. The summed E-state index contributed by atoms with van der Waals surface area (Å²) < 4.78 is 0. The van der Waals surface area contributed by atoms with Crippen LogP contribution in [0.15, 0.2) is 60.7 Å². The van der Waals surface area contributed by atoms with Crippen molar-refractivity contribution in [1.29, 1.82) is 0 Å². The predicted molar refractivity (Wildman–Crippen MR) is 105 cm³/mol. The van der Waals surface area contributed by atoms with Crippen LogP contribution in [-0.4, -0.2) is 0 Å². The zero-order chi connectivity index (χ0) is 16.7. The molecule has 0 saturated carbocycles. The van der Waals surface area contributed by atoms with Gasteiger partial charge in [-0.2, -0.15) is 0 Å². The average molecular weight is 312 g/mol. The molecule has 0 radical (unpaired) electrons. The van der Waals surface area contributed by atoms with Crippen LogP contribution in [0.3, 0.4) is 0 Å². The normalized spacial score (nSPS) is 14.0. The van der Waals surface area contributed by atoms with Gasteiger partial charge in [0.1, 0.15) is 0 Å². The van der Waals surface area contributed by atoms with E-state index in [-0.39, 0.29) is 5.41 Å². The van der Waals surface area contributed by atoms with Crippen molar-refractivity contribution in [1.82, 2.24) is 0 Å². The van der Waals surface area contributed by atoms with E-state index in [2.05, 4.69) is 87.5 Å². The molecule has 0 aliphatic heterocycles. The molecular formula is C24H24. The molecule has 0 bridgehead atoms. The maximum Gasteiger partial charge on any atom is -0.00993 e. The van der Waals surface area contributed by atoms with Crippen LogP contribution in [0.4, 0.5) is 0 Å². The number of hydrogen-bond donors (Lipinski definition) is 0.